The highest BCUT2D eigenvalue weighted by atomic mass is 16.5. The van der Waals surface area contributed by atoms with E-state index in [0.29, 0.717) is 18.8 Å². The van der Waals surface area contributed by atoms with Gasteiger partial charge in [0.1, 0.15) is 6.10 Å². The summed E-state index contributed by atoms with van der Waals surface area (Å²) < 4.78 is 5.15. The van der Waals surface area contributed by atoms with Gasteiger partial charge < -0.3 is 10.1 Å². The number of para-hydroxylation sites is 1. The first-order valence-corrected chi connectivity index (χ1v) is 7.23. The first-order valence-electron chi connectivity index (χ1n) is 7.23. The van der Waals surface area contributed by atoms with Crippen LogP contribution in [0.25, 0.3) is 0 Å². The minimum Gasteiger partial charge on any atom is -0.367 e. The molecule has 0 aromatic heterocycles. The summed E-state index contributed by atoms with van der Waals surface area (Å²) in [6, 6.07) is 8.86. The van der Waals surface area contributed by atoms with E-state index in [2.05, 4.69) is 11.9 Å². The van der Waals surface area contributed by atoms with Crippen LogP contribution in [0.3, 0.4) is 0 Å². The third-order valence-corrected chi connectivity index (χ3v) is 3.27. The molecule has 0 radical (unpaired) electrons. The number of nitrogens with zero attached hydrogens (tertiary/aromatic N) is 1. The fraction of sp³-hybridized carbons (Fsp3) is 0.235. The molecule has 2 aliphatic rings. The standard InChI is InChI=1S/C10H7NO2.C7H11NO2/c12-9-6-7-10(13)11(9)8-4-2-1-3-5-8;1-2-6(9)7-5-8-3-4-10-7/h1-7H;2,7-8H,1,3-5H2. The van der Waals surface area contributed by atoms with Crippen molar-refractivity contribution < 1.29 is 19.1 Å². The summed E-state index contributed by atoms with van der Waals surface area (Å²) in [6.45, 7) is 5.44. The highest BCUT2D eigenvalue weighted by Gasteiger charge is 2.24. The number of hydrogen-bond acceptors (Lipinski definition) is 5. The predicted octanol–water partition coefficient (Wildman–Crippen LogP) is 0.846. The molecule has 1 aromatic carbocycles. The van der Waals surface area contributed by atoms with Gasteiger partial charge in [-0.25, -0.2) is 4.90 Å². The maximum Gasteiger partial charge on any atom is 0.258 e. The van der Waals surface area contributed by atoms with Gasteiger partial charge in [0, 0.05) is 25.2 Å². The van der Waals surface area contributed by atoms with Gasteiger partial charge in [-0.15, -0.1) is 0 Å². The lowest BCUT2D eigenvalue weighted by Gasteiger charge is -2.20. The van der Waals surface area contributed by atoms with Gasteiger partial charge in [0.2, 0.25) is 0 Å². The Balaban J connectivity index is 0.000000174. The third-order valence-electron chi connectivity index (χ3n) is 3.27. The minimum atomic E-state index is -0.300. The number of anilines is 1. The molecule has 1 unspecified atom stereocenters. The van der Waals surface area contributed by atoms with Crippen molar-refractivity contribution in [1.29, 1.82) is 0 Å². The van der Waals surface area contributed by atoms with Crippen molar-refractivity contribution in [2.24, 2.45) is 0 Å². The third kappa shape index (κ3) is 4.45. The summed E-state index contributed by atoms with van der Waals surface area (Å²) in [7, 11) is 0. The minimum absolute atomic E-state index is 0.0350. The molecule has 1 saturated heterocycles. The number of morpholine rings is 1. The zero-order chi connectivity index (χ0) is 16.7. The van der Waals surface area contributed by atoms with Crippen molar-refractivity contribution in [1.82, 2.24) is 5.32 Å². The van der Waals surface area contributed by atoms with Gasteiger partial charge in [-0.1, -0.05) is 24.8 Å². The molecule has 1 atom stereocenters. The molecule has 23 heavy (non-hydrogen) atoms. The van der Waals surface area contributed by atoms with Gasteiger partial charge in [-0.2, -0.15) is 0 Å². The van der Waals surface area contributed by atoms with Crippen LogP contribution in [0.2, 0.25) is 0 Å². The number of imide groups is 1. The lowest BCUT2D eigenvalue weighted by Crippen LogP contribution is -2.42. The number of nitrogens with one attached hydrogen (secondary N) is 1. The Morgan fingerprint density at radius 2 is 1.87 bits per heavy atom. The smallest absolute Gasteiger partial charge is 0.258 e. The number of amides is 2. The molecule has 2 amide bonds. The highest BCUT2D eigenvalue weighted by Crippen LogP contribution is 2.17. The van der Waals surface area contributed by atoms with Crippen LogP contribution < -0.4 is 10.2 Å². The van der Waals surface area contributed by atoms with Crippen molar-refractivity contribution in [3.8, 4) is 0 Å². The Hall–Kier alpha value is -2.57. The van der Waals surface area contributed by atoms with Crippen LogP contribution in [0.4, 0.5) is 5.69 Å². The molecule has 0 bridgehead atoms. The Bertz CT molecular complexity index is 601. The van der Waals surface area contributed by atoms with Crippen LogP contribution in [0.1, 0.15) is 0 Å². The Labute approximate surface area is 134 Å². The summed E-state index contributed by atoms with van der Waals surface area (Å²) in [5.74, 6) is -0.598. The van der Waals surface area contributed by atoms with Crippen LogP contribution in [-0.4, -0.2) is 43.4 Å². The largest absolute Gasteiger partial charge is 0.367 e. The van der Waals surface area contributed by atoms with Crippen LogP contribution in [-0.2, 0) is 19.1 Å². The maximum absolute atomic E-state index is 11.2. The van der Waals surface area contributed by atoms with E-state index in [9.17, 15) is 14.4 Å². The second-order valence-corrected chi connectivity index (χ2v) is 4.85. The molecular weight excluding hydrogens is 296 g/mol. The van der Waals surface area contributed by atoms with Crippen LogP contribution >= 0.6 is 0 Å². The molecule has 0 saturated carbocycles. The molecule has 6 nitrogen and oxygen atoms in total. The van der Waals surface area contributed by atoms with Gasteiger partial charge in [-0.3, -0.25) is 14.4 Å². The molecule has 1 fully saturated rings. The van der Waals surface area contributed by atoms with Crippen LogP contribution in [0, 0.1) is 0 Å². The highest BCUT2D eigenvalue weighted by molar-refractivity contribution is 6.28. The number of ketones is 1. The van der Waals surface area contributed by atoms with Crippen molar-refractivity contribution in [2.75, 3.05) is 24.6 Å². The number of ether oxygens (including phenoxy) is 1. The van der Waals surface area contributed by atoms with Crippen molar-refractivity contribution in [2.45, 2.75) is 6.10 Å². The Morgan fingerprint density at radius 1 is 1.22 bits per heavy atom. The molecule has 1 N–H and O–H groups in total. The van der Waals surface area contributed by atoms with E-state index in [1.807, 2.05) is 6.07 Å². The molecule has 0 spiro atoms. The lowest BCUT2D eigenvalue weighted by atomic mass is 10.2. The van der Waals surface area contributed by atoms with Gasteiger partial charge in [0.05, 0.1) is 12.3 Å². The quantitative estimate of drug-likeness (QED) is 0.661. The van der Waals surface area contributed by atoms with E-state index in [1.165, 1.54) is 18.2 Å². The molecule has 0 aliphatic carbocycles. The lowest BCUT2D eigenvalue weighted by molar-refractivity contribution is -0.127. The summed E-state index contributed by atoms with van der Waals surface area (Å²) in [5, 5.41) is 3.06. The summed E-state index contributed by atoms with van der Waals surface area (Å²) in [4.78, 5) is 34.4. The average molecular weight is 314 g/mol. The molecule has 2 aliphatic heterocycles. The summed E-state index contributed by atoms with van der Waals surface area (Å²) >= 11 is 0. The van der Waals surface area contributed by atoms with Gasteiger partial charge >= 0.3 is 0 Å². The van der Waals surface area contributed by atoms with Crippen molar-refractivity contribution in [3.63, 3.8) is 0 Å². The zero-order valence-corrected chi connectivity index (χ0v) is 12.6. The van der Waals surface area contributed by atoms with Crippen LogP contribution in [0.5, 0.6) is 0 Å². The molecule has 2 heterocycles. The molecule has 6 heteroatoms. The number of benzene rings is 1. The molecule has 3 rings (SSSR count). The van der Waals surface area contributed by atoms with E-state index in [1.54, 1.807) is 24.3 Å². The molecule has 120 valence electrons. The van der Waals surface area contributed by atoms with E-state index in [0.717, 1.165) is 11.4 Å². The molecular formula is C17H18N2O4. The molecule has 1 aromatic rings. The van der Waals surface area contributed by atoms with E-state index >= 15 is 0 Å². The Kier molecular flexibility index (Phi) is 5.96. The fourth-order valence-electron chi connectivity index (χ4n) is 2.11. The second kappa shape index (κ2) is 8.17. The van der Waals surface area contributed by atoms with Gasteiger partial charge in [0.25, 0.3) is 11.8 Å². The number of carbonyl (C=O) groups is 3. The average Bonchev–Trinajstić information content (AvgIpc) is 2.95. The Morgan fingerprint density at radius 3 is 2.39 bits per heavy atom. The number of carbonyl (C=O) groups excluding carboxylic acids is 3. The van der Waals surface area contributed by atoms with Crippen molar-refractivity contribution in [3.05, 3.63) is 55.1 Å². The second-order valence-electron chi connectivity index (χ2n) is 4.85. The first kappa shape index (κ1) is 16.8. The number of hydrogen-bond donors (Lipinski definition) is 1. The summed E-state index contributed by atoms with van der Waals surface area (Å²) in [5.41, 5.74) is 0.613. The zero-order valence-electron chi connectivity index (χ0n) is 12.6. The van der Waals surface area contributed by atoms with E-state index < -0.39 is 0 Å². The maximum atomic E-state index is 11.2. The van der Waals surface area contributed by atoms with Gasteiger partial charge in [0.15, 0.2) is 5.78 Å². The van der Waals surface area contributed by atoms with E-state index in [-0.39, 0.29) is 23.7 Å². The van der Waals surface area contributed by atoms with Crippen LogP contribution in [0.15, 0.2) is 55.1 Å². The monoisotopic (exact) mass is 314 g/mol. The van der Waals surface area contributed by atoms with E-state index in [4.69, 9.17) is 4.74 Å². The topological polar surface area (TPSA) is 75.7 Å². The predicted molar refractivity (Wildman–Crippen MR) is 85.9 cm³/mol. The normalized spacial score (nSPS) is 20.0. The first-order chi connectivity index (χ1) is 11.1. The van der Waals surface area contributed by atoms with Gasteiger partial charge in [-0.05, 0) is 18.2 Å². The van der Waals surface area contributed by atoms with Crippen molar-refractivity contribution >= 4 is 23.3 Å². The summed E-state index contributed by atoms with van der Waals surface area (Å²) in [6.07, 6.45) is 3.55. The fourth-order valence-corrected chi connectivity index (χ4v) is 2.11. The SMILES string of the molecule is C=CC(=O)C1CNCCO1.O=C1C=CC(=O)N1c1ccccc1. The number of rotatable bonds is 3.